The van der Waals surface area contributed by atoms with Gasteiger partial charge in [-0.3, -0.25) is 0 Å². The number of aliphatic hydroxyl groups excluding tert-OH is 1. The summed E-state index contributed by atoms with van der Waals surface area (Å²) in [5.74, 6) is 1.44. The summed E-state index contributed by atoms with van der Waals surface area (Å²) in [6, 6.07) is 21.2. The molecule has 0 aliphatic rings. The van der Waals surface area contributed by atoms with Gasteiger partial charge in [-0.1, -0.05) is 59.6 Å². The number of hydrogen-bond acceptors (Lipinski definition) is 3. The number of ether oxygens (including phenoxy) is 1. The van der Waals surface area contributed by atoms with Gasteiger partial charge in [0.25, 0.3) is 0 Å². The van der Waals surface area contributed by atoms with E-state index < -0.39 is 12.1 Å². The highest BCUT2D eigenvalue weighted by Crippen LogP contribution is 2.32. The maximum atomic E-state index is 10.5. The van der Waals surface area contributed by atoms with Gasteiger partial charge in [-0.05, 0) is 47.5 Å². The Morgan fingerprint density at radius 1 is 0.760 bits per heavy atom. The molecule has 5 heteroatoms. The molecule has 3 aromatic rings. The van der Waals surface area contributed by atoms with Crippen molar-refractivity contribution in [2.45, 2.75) is 12.1 Å². The Morgan fingerprint density at radius 2 is 1.36 bits per heavy atom. The summed E-state index contributed by atoms with van der Waals surface area (Å²) in [4.78, 5) is 0. The third kappa shape index (κ3) is 4.33. The van der Waals surface area contributed by atoms with E-state index >= 15 is 0 Å². The number of para-hydroxylation sites is 1. The molecule has 25 heavy (non-hydrogen) atoms. The van der Waals surface area contributed by atoms with Crippen molar-refractivity contribution in [2.24, 2.45) is 5.73 Å². The number of hydrogen-bond donors (Lipinski definition) is 2. The van der Waals surface area contributed by atoms with Crippen LogP contribution in [0.4, 0.5) is 0 Å². The van der Waals surface area contributed by atoms with E-state index in [-0.39, 0.29) is 0 Å². The van der Waals surface area contributed by atoms with Crippen molar-refractivity contribution < 1.29 is 9.84 Å². The Morgan fingerprint density at radius 3 is 2.00 bits per heavy atom. The van der Waals surface area contributed by atoms with Crippen LogP contribution in [0.15, 0.2) is 72.8 Å². The van der Waals surface area contributed by atoms with E-state index in [4.69, 9.17) is 33.7 Å². The smallest absolute Gasteiger partial charge is 0.127 e. The van der Waals surface area contributed by atoms with Gasteiger partial charge in [-0.25, -0.2) is 0 Å². The number of aliphatic hydroxyl groups is 1. The molecule has 0 aliphatic heterocycles. The lowest BCUT2D eigenvalue weighted by Crippen LogP contribution is -2.19. The monoisotopic (exact) mass is 373 g/mol. The zero-order valence-corrected chi connectivity index (χ0v) is 14.8. The molecule has 0 fully saturated rings. The van der Waals surface area contributed by atoms with E-state index in [1.54, 1.807) is 42.5 Å². The third-order valence-electron chi connectivity index (χ3n) is 3.87. The van der Waals surface area contributed by atoms with Crippen LogP contribution in [0.25, 0.3) is 0 Å². The molecule has 2 unspecified atom stereocenters. The average molecular weight is 374 g/mol. The Labute approximate surface area is 156 Å². The molecule has 3 aromatic carbocycles. The zero-order chi connectivity index (χ0) is 17.8. The lowest BCUT2D eigenvalue weighted by atomic mass is 9.96. The van der Waals surface area contributed by atoms with Crippen LogP contribution in [0.1, 0.15) is 23.3 Å². The van der Waals surface area contributed by atoms with Crippen molar-refractivity contribution in [3.8, 4) is 11.5 Å². The number of halogens is 2. The normalized spacial score (nSPS) is 13.3. The molecular formula is C20H17Cl2NO2. The summed E-state index contributed by atoms with van der Waals surface area (Å²) in [5.41, 5.74) is 7.58. The van der Waals surface area contributed by atoms with Crippen LogP contribution in [-0.2, 0) is 0 Å². The van der Waals surface area contributed by atoms with E-state index in [1.165, 1.54) is 0 Å². The van der Waals surface area contributed by atoms with Crippen LogP contribution in [0.3, 0.4) is 0 Å². The Balaban J connectivity index is 1.73. The van der Waals surface area contributed by atoms with Gasteiger partial charge in [0, 0.05) is 0 Å². The quantitative estimate of drug-likeness (QED) is 0.618. The molecule has 0 radical (unpaired) electrons. The van der Waals surface area contributed by atoms with Crippen LogP contribution >= 0.6 is 23.2 Å². The molecule has 128 valence electrons. The second-order valence-corrected chi connectivity index (χ2v) is 6.44. The van der Waals surface area contributed by atoms with Crippen LogP contribution < -0.4 is 10.5 Å². The fourth-order valence-electron chi connectivity index (χ4n) is 2.47. The summed E-state index contributed by atoms with van der Waals surface area (Å²) in [6.07, 6.45) is -0.872. The van der Waals surface area contributed by atoms with E-state index in [0.29, 0.717) is 26.9 Å². The summed E-state index contributed by atoms with van der Waals surface area (Å²) >= 11 is 11.9. The molecule has 0 saturated carbocycles. The van der Waals surface area contributed by atoms with E-state index in [0.717, 1.165) is 5.75 Å². The van der Waals surface area contributed by atoms with Gasteiger partial charge in [0.1, 0.15) is 11.5 Å². The molecule has 0 aliphatic carbocycles. The van der Waals surface area contributed by atoms with Gasteiger partial charge < -0.3 is 15.6 Å². The molecule has 0 saturated heterocycles. The van der Waals surface area contributed by atoms with Crippen molar-refractivity contribution in [1.29, 1.82) is 0 Å². The van der Waals surface area contributed by atoms with Gasteiger partial charge in [0.15, 0.2) is 0 Å². The molecule has 3 N–H and O–H groups in total. The van der Waals surface area contributed by atoms with Crippen LogP contribution in [-0.4, -0.2) is 5.11 Å². The van der Waals surface area contributed by atoms with Crippen LogP contribution in [0, 0.1) is 0 Å². The first-order valence-electron chi connectivity index (χ1n) is 7.76. The minimum Gasteiger partial charge on any atom is -0.457 e. The van der Waals surface area contributed by atoms with Crippen molar-refractivity contribution in [1.82, 2.24) is 0 Å². The van der Waals surface area contributed by atoms with E-state index in [9.17, 15) is 5.11 Å². The minimum atomic E-state index is -0.872. The first-order chi connectivity index (χ1) is 12.0. The predicted molar refractivity (Wildman–Crippen MR) is 101 cm³/mol. The van der Waals surface area contributed by atoms with Gasteiger partial charge in [0.2, 0.25) is 0 Å². The lowest BCUT2D eigenvalue weighted by Gasteiger charge is -2.20. The second kappa shape index (κ2) is 7.89. The molecular weight excluding hydrogens is 357 g/mol. The summed E-state index contributed by atoms with van der Waals surface area (Å²) < 4.78 is 5.74. The maximum absolute atomic E-state index is 10.5. The molecule has 0 spiro atoms. The number of nitrogens with two attached hydrogens (primary N) is 1. The SMILES string of the molecule is NC(c1ccc(Cl)c(Cl)c1)C(O)c1ccc(Oc2ccccc2)cc1. The summed E-state index contributed by atoms with van der Waals surface area (Å²) in [7, 11) is 0. The third-order valence-corrected chi connectivity index (χ3v) is 4.61. The Hall–Kier alpha value is -2.04. The summed E-state index contributed by atoms with van der Waals surface area (Å²) in [6.45, 7) is 0. The molecule has 0 bridgehead atoms. The highest BCUT2D eigenvalue weighted by Gasteiger charge is 2.19. The van der Waals surface area contributed by atoms with Gasteiger partial charge in [-0.2, -0.15) is 0 Å². The van der Waals surface area contributed by atoms with E-state index in [1.807, 2.05) is 30.3 Å². The highest BCUT2D eigenvalue weighted by atomic mass is 35.5. The highest BCUT2D eigenvalue weighted by molar-refractivity contribution is 6.42. The largest absolute Gasteiger partial charge is 0.457 e. The molecule has 2 atom stereocenters. The maximum Gasteiger partial charge on any atom is 0.127 e. The van der Waals surface area contributed by atoms with Crippen molar-refractivity contribution in [3.63, 3.8) is 0 Å². The first-order valence-corrected chi connectivity index (χ1v) is 8.51. The van der Waals surface area contributed by atoms with Crippen molar-refractivity contribution in [2.75, 3.05) is 0 Å². The average Bonchev–Trinajstić information content (AvgIpc) is 2.64. The van der Waals surface area contributed by atoms with Crippen LogP contribution in [0.5, 0.6) is 11.5 Å². The Bertz CT molecular complexity index is 838. The number of rotatable bonds is 5. The first kappa shape index (κ1) is 17.8. The second-order valence-electron chi connectivity index (χ2n) is 5.63. The molecule has 3 rings (SSSR count). The zero-order valence-electron chi connectivity index (χ0n) is 13.3. The molecule has 0 aromatic heterocycles. The van der Waals surface area contributed by atoms with E-state index in [2.05, 4.69) is 0 Å². The topological polar surface area (TPSA) is 55.5 Å². The van der Waals surface area contributed by atoms with Gasteiger partial charge in [0.05, 0.1) is 22.2 Å². The fraction of sp³-hybridized carbons (Fsp3) is 0.100. The van der Waals surface area contributed by atoms with Crippen molar-refractivity contribution >= 4 is 23.2 Å². The Kier molecular flexibility index (Phi) is 5.61. The lowest BCUT2D eigenvalue weighted by molar-refractivity contribution is 0.147. The predicted octanol–water partition coefficient (Wildman–Crippen LogP) is 5.52. The molecule has 3 nitrogen and oxygen atoms in total. The van der Waals surface area contributed by atoms with Crippen LogP contribution in [0.2, 0.25) is 10.0 Å². The fourth-order valence-corrected chi connectivity index (χ4v) is 2.77. The molecule has 0 heterocycles. The van der Waals surface area contributed by atoms with Crippen molar-refractivity contribution in [3.05, 3.63) is 94.0 Å². The molecule has 0 amide bonds. The summed E-state index contributed by atoms with van der Waals surface area (Å²) in [5, 5.41) is 11.4. The van der Waals surface area contributed by atoms with Gasteiger partial charge in [-0.15, -0.1) is 0 Å². The van der Waals surface area contributed by atoms with Gasteiger partial charge >= 0.3 is 0 Å². The standard InChI is InChI=1S/C20H17Cl2NO2/c21-17-11-8-14(12-18(17)22)19(23)20(24)13-6-9-16(10-7-13)25-15-4-2-1-3-5-15/h1-12,19-20,24H,23H2. The minimum absolute atomic E-state index is 0.411. The number of benzene rings is 3.